The molecule has 8 nitrogen and oxygen atoms in total. The van der Waals surface area contributed by atoms with Crippen molar-refractivity contribution in [3.8, 4) is 28.9 Å². The smallest absolute Gasteiger partial charge is 0.255 e. The number of hydrogen-bond acceptors (Lipinski definition) is 6. The Balaban J connectivity index is 1.18. The van der Waals surface area contributed by atoms with Crippen molar-refractivity contribution in [1.29, 1.82) is 0 Å². The van der Waals surface area contributed by atoms with Crippen molar-refractivity contribution in [2.24, 2.45) is 0 Å². The van der Waals surface area contributed by atoms with Gasteiger partial charge >= 0.3 is 0 Å². The molecule has 2 heterocycles. The fourth-order valence-electron chi connectivity index (χ4n) is 3.45. The van der Waals surface area contributed by atoms with Crippen molar-refractivity contribution in [3.05, 3.63) is 114 Å². The Labute approximate surface area is 208 Å². The summed E-state index contributed by atoms with van der Waals surface area (Å²) in [4.78, 5) is 16.9. The standard InChI is InChI=1S/C28H23N5O3/c1-19-20(2)33(18-29-19)26-16-17-27(32-31-26)36-25-14-10-22(11-15-25)30-28(34)21-8-12-24(13-9-21)35-23-6-4-3-5-7-23/h3-18H,1-2H3,(H,30,34). The van der Waals surface area contributed by atoms with Crippen molar-refractivity contribution in [3.63, 3.8) is 0 Å². The average Bonchev–Trinajstić information content (AvgIpc) is 3.24. The predicted molar refractivity (Wildman–Crippen MR) is 136 cm³/mol. The minimum atomic E-state index is -0.221. The number of hydrogen-bond donors (Lipinski definition) is 1. The Kier molecular flexibility index (Phi) is 6.40. The number of para-hydroxylation sites is 1. The Morgan fingerprint density at radius 2 is 1.42 bits per heavy atom. The van der Waals surface area contributed by atoms with Gasteiger partial charge in [-0.1, -0.05) is 18.2 Å². The number of carbonyl (C=O) groups excluding carboxylic acids is 1. The van der Waals surface area contributed by atoms with Gasteiger partial charge in [0.15, 0.2) is 5.82 Å². The van der Waals surface area contributed by atoms with Gasteiger partial charge < -0.3 is 14.8 Å². The molecule has 0 spiro atoms. The van der Waals surface area contributed by atoms with E-state index < -0.39 is 0 Å². The molecule has 5 rings (SSSR count). The van der Waals surface area contributed by atoms with E-state index in [2.05, 4.69) is 20.5 Å². The first-order valence-corrected chi connectivity index (χ1v) is 11.3. The lowest BCUT2D eigenvalue weighted by molar-refractivity contribution is 0.102. The SMILES string of the molecule is Cc1ncn(-c2ccc(Oc3ccc(NC(=O)c4ccc(Oc5ccccc5)cc4)cc3)nn2)c1C. The quantitative estimate of drug-likeness (QED) is 0.304. The van der Waals surface area contributed by atoms with Crippen molar-refractivity contribution in [2.75, 3.05) is 5.32 Å². The maximum atomic E-state index is 12.6. The van der Waals surface area contributed by atoms with E-state index >= 15 is 0 Å². The Morgan fingerprint density at radius 3 is 2.06 bits per heavy atom. The summed E-state index contributed by atoms with van der Waals surface area (Å²) in [6.45, 7) is 3.92. The highest BCUT2D eigenvalue weighted by molar-refractivity contribution is 6.04. The second kappa shape index (κ2) is 10.1. The number of nitrogens with zero attached hydrogens (tertiary/aromatic N) is 4. The molecular weight excluding hydrogens is 454 g/mol. The number of anilines is 1. The molecule has 2 aromatic heterocycles. The van der Waals surface area contributed by atoms with Gasteiger partial charge in [-0.05, 0) is 80.6 Å². The number of aryl methyl sites for hydroxylation is 1. The monoisotopic (exact) mass is 477 g/mol. The Bertz CT molecular complexity index is 1460. The summed E-state index contributed by atoms with van der Waals surface area (Å²) in [5, 5.41) is 11.2. The second-order valence-corrected chi connectivity index (χ2v) is 8.04. The first-order chi connectivity index (χ1) is 17.5. The number of carbonyl (C=O) groups is 1. The molecule has 1 amide bonds. The van der Waals surface area contributed by atoms with E-state index in [0.717, 1.165) is 17.1 Å². The van der Waals surface area contributed by atoms with Gasteiger partial charge in [-0.15, -0.1) is 10.2 Å². The maximum absolute atomic E-state index is 12.6. The highest BCUT2D eigenvalue weighted by Gasteiger charge is 2.09. The number of nitrogens with one attached hydrogen (secondary N) is 1. The van der Waals surface area contributed by atoms with Gasteiger partial charge in [-0.25, -0.2) is 4.98 Å². The number of rotatable bonds is 7. The molecule has 0 aliphatic rings. The molecule has 5 aromatic rings. The first kappa shape index (κ1) is 22.8. The molecule has 0 unspecified atom stereocenters. The molecule has 0 saturated carbocycles. The number of aromatic nitrogens is 4. The summed E-state index contributed by atoms with van der Waals surface area (Å²) in [6.07, 6.45) is 1.72. The van der Waals surface area contributed by atoms with Gasteiger partial charge in [0.1, 0.15) is 23.6 Å². The third kappa shape index (κ3) is 5.23. The normalized spacial score (nSPS) is 10.6. The van der Waals surface area contributed by atoms with Crippen LogP contribution in [0.4, 0.5) is 5.69 Å². The van der Waals surface area contributed by atoms with Gasteiger partial charge in [0.2, 0.25) is 5.88 Å². The molecule has 0 aliphatic carbocycles. The van der Waals surface area contributed by atoms with E-state index in [1.165, 1.54) is 0 Å². The van der Waals surface area contributed by atoms with Gasteiger partial charge in [-0.2, -0.15) is 0 Å². The van der Waals surface area contributed by atoms with Crippen LogP contribution in [0.1, 0.15) is 21.7 Å². The van der Waals surface area contributed by atoms with Crippen LogP contribution < -0.4 is 14.8 Å². The summed E-state index contributed by atoms with van der Waals surface area (Å²) >= 11 is 0. The summed E-state index contributed by atoms with van der Waals surface area (Å²) in [5.74, 6) is 2.78. The van der Waals surface area contributed by atoms with Crippen LogP contribution in [0, 0.1) is 13.8 Å². The van der Waals surface area contributed by atoms with E-state index in [1.807, 2.05) is 54.8 Å². The second-order valence-electron chi connectivity index (χ2n) is 8.04. The zero-order valence-corrected chi connectivity index (χ0v) is 19.8. The summed E-state index contributed by atoms with van der Waals surface area (Å²) in [6, 6.07) is 27.1. The maximum Gasteiger partial charge on any atom is 0.255 e. The largest absolute Gasteiger partial charge is 0.457 e. The number of imidazole rings is 1. The fourth-order valence-corrected chi connectivity index (χ4v) is 3.45. The molecule has 0 radical (unpaired) electrons. The summed E-state index contributed by atoms with van der Waals surface area (Å²) in [7, 11) is 0. The topological polar surface area (TPSA) is 91.2 Å². The third-order valence-corrected chi connectivity index (χ3v) is 5.55. The molecule has 3 aromatic carbocycles. The number of amides is 1. The van der Waals surface area contributed by atoms with Crippen molar-refractivity contribution in [1.82, 2.24) is 19.7 Å². The predicted octanol–water partition coefficient (Wildman–Crippen LogP) is 6.12. The number of ether oxygens (including phenoxy) is 2. The average molecular weight is 478 g/mol. The summed E-state index contributed by atoms with van der Waals surface area (Å²) < 4.78 is 13.4. The van der Waals surface area contributed by atoms with Gasteiger partial charge in [0, 0.05) is 23.0 Å². The van der Waals surface area contributed by atoms with E-state index in [9.17, 15) is 4.79 Å². The van der Waals surface area contributed by atoms with Gasteiger partial charge in [-0.3, -0.25) is 9.36 Å². The summed E-state index contributed by atoms with van der Waals surface area (Å²) in [5.41, 5.74) is 3.12. The zero-order chi connectivity index (χ0) is 24.9. The van der Waals surface area contributed by atoms with Crippen LogP contribution in [0.15, 0.2) is 97.3 Å². The molecule has 8 heteroatoms. The molecule has 0 saturated heterocycles. The zero-order valence-electron chi connectivity index (χ0n) is 19.8. The van der Waals surface area contributed by atoms with E-state index in [1.54, 1.807) is 60.9 Å². The van der Waals surface area contributed by atoms with Crippen LogP contribution in [0.2, 0.25) is 0 Å². The van der Waals surface area contributed by atoms with Crippen LogP contribution in [0.3, 0.4) is 0 Å². The van der Waals surface area contributed by atoms with Crippen LogP contribution >= 0.6 is 0 Å². The van der Waals surface area contributed by atoms with Crippen LogP contribution in [0.5, 0.6) is 23.1 Å². The molecule has 36 heavy (non-hydrogen) atoms. The lowest BCUT2D eigenvalue weighted by Crippen LogP contribution is -2.11. The minimum absolute atomic E-state index is 0.221. The van der Waals surface area contributed by atoms with Gasteiger partial charge in [0.25, 0.3) is 5.91 Å². The Hall–Kier alpha value is -4.98. The van der Waals surface area contributed by atoms with Gasteiger partial charge in [0.05, 0.1) is 5.69 Å². The van der Waals surface area contributed by atoms with Crippen LogP contribution in [0.25, 0.3) is 5.82 Å². The minimum Gasteiger partial charge on any atom is -0.457 e. The van der Waals surface area contributed by atoms with Crippen LogP contribution in [-0.2, 0) is 0 Å². The number of benzene rings is 3. The molecule has 0 bridgehead atoms. The lowest BCUT2D eigenvalue weighted by Gasteiger charge is -2.09. The van der Waals surface area contributed by atoms with E-state index in [4.69, 9.17) is 9.47 Å². The fraction of sp³-hybridized carbons (Fsp3) is 0.0714. The molecule has 0 fully saturated rings. The van der Waals surface area contributed by atoms with Crippen LogP contribution in [-0.4, -0.2) is 25.7 Å². The Morgan fingerprint density at radius 1 is 0.750 bits per heavy atom. The highest BCUT2D eigenvalue weighted by Crippen LogP contribution is 2.24. The molecule has 1 N–H and O–H groups in total. The molecule has 0 aliphatic heterocycles. The third-order valence-electron chi connectivity index (χ3n) is 5.55. The first-order valence-electron chi connectivity index (χ1n) is 11.3. The lowest BCUT2D eigenvalue weighted by atomic mass is 10.2. The molecular formula is C28H23N5O3. The van der Waals surface area contributed by atoms with E-state index in [-0.39, 0.29) is 5.91 Å². The highest BCUT2D eigenvalue weighted by atomic mass is 16.5. The molecule has 178 valence electrons. The van der Waals surface area contributed by atoms with Crippen molar-refractivity contribution >= 4 is 11.6 Å². The van der Waals surface area contributed by atoms with E-state index in [0.29, 0.717) is 34.4 Å². The van der Waals surface area contributed by atoms with Crippen molar-refractivity contribution in [2.45, 2.75) is 13.8 Å². The van der Waals surface area contributed by atoms with Crippen molar-refractivity contribution < 1.29 is 14.3 Å². The molecule has 0 atom stereocenters.